The Hall–Kier alpha value is -6.64. The van der Waals surface area contributed by atoms with Crippen LogP contribution < -0.4 is 19.7 Å². The number of ether oxygens (including phenoxy) is 2. The molecule has 2 atom stereocenters. The minimum absolute atomic E-state index is 0.000138. The lowest BCUT2D eigenvalue weighted by molar-refractivity contribution is 0.0418. The van der Waals surface area contributed by atoms with Crippen LogP contribution in [0.4, 0.5) is 14.6 Å². The number of likely N-dealkylation sites (tertiary alicyclic amines) is 1. The molecule has 72 heavy (non-hydrogen) atoms. The number of phenols is 3. The van der Waals surface area contributed by atoms with Crippen LogP contribution in [0.3, 0.4) is 0 Å². The van der Waals surface area contributed by atoms with Gasteiger partial charge in [-0.25, -0.2) is 8.78 Å². The molecule has 2 unspecified atom stereocenters. The van der Waals surface area contributed by atoms with E-state index in [-0.39, 0.29) is 62.5 Å². The molecule has 4 fully saturated rings. The van der Waals surface area contributed by atoms with Gasteiger partial charge in [-0.1, -0.05) is 31.9 Å². The summed E-state index contributed by atoms with van der Waals surface area (Å²) in [5, 5.41) is 34.1. The average molecular weight is 981 g/mol. The lowest BCUT2D eigenvalue weighted by atomic mass is 9.96. The fourth-order valence-electron chi connectivity index (χ4n) is 11.0. The molecule has 0 spiro atoms. The van der Waals surface area contributed by atoms with E-state index >= 15 is 4.39 Å². The molecular formula is C56H62F2N8O6. The molecule has 5 aliphatic rings. The van der Waals surface area contributed by atoms with Crippen molar-refractivity contribution in [1.29, 1.82) is 0 Å². The van der Waals surface area contributed by atoms with Gasteiger partial charge in [-0.15, -0.1) is 6.42 Å². The van der Waals surface area contributed by atoms with Crippen LogP contribution in [-0.2, 0) is 13.1 Å². The molecule has 1 aliphatic carbocycles. The van der Waals surface area contributed by atoms with Crippen molar-refractivity contribution in [3.05, 3.63) is 100 Å². The Bertz CT molecular complexity index is 3070. The molecule has 2 bridgehead atoms. The number of carbonyl (C=O) groups is 1. The molecule has 6 heterocycles. The number of terminal acetylenes is 1. The third kappa shape index (κ3) is 10.2. The highest BCUT2D eigenvalue weighted by Gasteiger charge is 2.47. The van der Waals surface area contributed by atoms with Crippen LogP contribution in [0, 0.1) is 35.3 Å². The van der Waals surface area contributed by atoms with Crippen molar-refractivity contribution in [2.45, 2.75) is 70.6 Å². The van der Waals surface area contributed by atoms with E-state index in [4.69, 9.17) is 20.9 Å². The Labute approximate surface area is 418 Å². The van der Waals surface area contributed by atoms with Gasteiger partial charge in [-0.05, 0) is 110 Å². The summed E-state index contributed by atoms with van der Waals surface area (Å²) in [5.41, 5.74) is 3.76. The smallest absolute Gasteiger partial charge is 0.319 e. The minimum Gasteiger partial charge on any atom is -0.508 e. The number of likely N-dealkylation sites (N-methyl/N-ethyl adjacent to an activating group) is 1. The third-order valence-corrected chi connectivity index (χ3v) is 15.0. The van der Waals surface area contributed by atoms with Crippen LogP contribution in [0.15, 0.2) is 60.8 Å². The summed E-state index contributed by atoms with van der Waals surface area (Å²) in [7, 11) is 4.32. The molecule has 4 aliphatic heterocycles. The number of aromatic nitrogens is 3. The van der Waals surface area contributed by atoms with Gasteiger partial charge >= 0.3 is 6.01 Å². The van der Waals surface area contributed by atoms with Crippen LogP contribution in [0.1, 0.15) is 78.1 Å². The number of hydrogen-bond acceptors (Lipinski definition) is 14. The molecule has 14 nitrogen and oxygen atoms in total. The predicted molar refractivity (Wildman–Crippen MR) is 273 cm³/mol. The van der Waals surface area contributed by atoms with Crippen molar-refractivity contribution in [2.75, 3.05) is 78.0 Å². The normalized spacial score (nSPS) is 19.3. The molecule has 0 amide bonds. The van der Waals surface area contributed by atoms with Crippen molar-refractivity contribution in [3.63, 3.8) is 0 Å². The van der Waals surface area contributed by atoms with E-state index in [0.29, 0.717) is 65.0 Å². The highest BCUT2D eigenvalue weighted by atomic mass is 19.1. The molecule has 16 heteroatoms. The van der Waals surface area contributed by atoms with Gasteiger partial charge in [0.05, 0.1) is 23.1 Å². The molecule has 11 rings (SSSR count). The number of phenolic OH excluding ortho intramolecular Hbond substituents is 3. The highest BCUT2D eigenvalue weighted by Crippen LogP contribution is 2.48. The number of carbonyl (C=O) groups excluding carboxylic acids is 1. The summed E-state index contributed by atoms with van der Waals surface area (Å²) in [5.74, 6) is 3.07. The van der Waals surface area contributed by atoms with Crippen molar-refractivity contribution >= 4 is 33.8 Å². The summed E-state index contributed by atoms with van der Waals surface area (Å²) in [6.45, 7) is 13.3. The van der Waals surface area contributed by atoms with E-state index in [0.717, 1.165) is 90.3 Å². The maximum atomic E-state index is 17.0. The largest absolute Gasteiger partial charge is 0.508 e. The molecule has 4 N–H and O–H groups in total. The number of aromatic hydroxyl groups is 3. The molecule has 3 saturated heterocycles. The first-order chi connectivity index (χ1) is 34.7. The first-order valence-corrected chi connectivity index (χ1v) is 24.9. The van der Waals surface area contributed by atoms with Crippen LogP contribution >= 0.6 is 0 Å². The molecule has 4 aromatic carbocycles. The van der Waals surface area contributed by atoms with Crippen molar-refractivity contribution in [3.8, 4) is 52.6 Å². The van der Waals surface area contributed by atoms with E-state index in [9.17, 15) is 24.5 Å². The zero-order valence-electron chi connectivity index (χ0n) is 41.3. The number of benzene rings is 4. The quantitative estimate of drug-likeness (QED) is 0.0583. The number of rotatable bonds is 15. The fourth-order valence-corrected chi connectivity index (χ4v) is 11.0. The lowest BCUT2D eigenvalue weighted by Gasteiger charge is -2.42. The Balaban J connectivity index is 0.000000401. The number of pyridine rings is 1. The predicted octanol–water partition coefficient (Wildman–Crippen LogP) is 7.83. The van der Waals surface area contributed by atoms with Crippen LogP contribution in [0.2, 0.25) is 0 Å². The zero-order chi connectivity index (χ0) is 50.4. The number of nitrogens with zero attached hydrogens (tertiary/aromatic N) is 7. The summed E-state index contributed by atoms with van der Waals surface area (Å²) >= 11 is 0. The van der Waals surface area contributed by atoms with Gasteiger partial charge < -0.3 is 44.8 Å². The zero-order valence-corrected chi connectivity index (χ0v) is 41.3. The lowest BCUT2D eigenvalue weighted by Crippen LogP contribution is -2.53. The first-order valence-electron chi connectivity index (χ1n) is 24.9. The number of hydrogen-bond donors (Lipinski definition) is 4. The van der Waals surface area contributed by atoms with Crippen LogP contribution in [-0.4, -0.2) is 136 Å². The number of piperazine rings is 1. The van der Waals surface area contributed by atoms with Crippen molar-refractivity contribution < 1.29 is 38.4 Å². The molecular weight excluding hydrogens is 919 g/mol. The van der Waals surface area contributed by atoms with E-state index in [1.165, 1.54) is 47.5 Å². The second kappa shape index (κ2) is 20.1. The van der Waals surface area contributed by atoms with Gasteiger partial charge in [0.2, 0.25) is 0 Å². The molecule has 2 aromatic heterocycles. The van der Waals surface area contributed by atoms with Gasteiger partial charge in [0, 0.05) is 99.6 Å². The standard InChI is InChI=1S/C46H50F2N8O3.C10H12O3/c1-4-36-39(47)10-6-29-15-34(57)17-37(40(29)36)42-41(48)43-38(18-49-42)44(56-24-32-7-8-33(25-56)50-32)52-45(51-43)59-27-46(11-12-46)26-55-20-28(21-55)19-53(2)13-14-58-35-9-5-30-22-54(3)23-31(30)16-35;1-6(2)8-3-7(5-11)9(12)4-10(8)13/h1,5-6,9-10,15-18,28,32-33,50,57H,7-8,11-14,19-27H2,2-3H3;3-6,12-13H,1-2H3. The fraction of sp³-hybridized carbons (Fsp3) is 0.429. The van der Waals surface area contributed by atoms with E-state index in [1.54, 1.807) is 6.20 Å². The van der Waals surface area contributed by atoms with Crippen molar-refractivity contribution in [1.82, 2.24) is 35.0 Å². The van der Waals surface area contributed by atoms with Crippen LogP contribution in [0.5, 0.6) is 29.0 Å². The van der Waals surface area contributed by atoms with Gasteiger partial charge in [-0.2, -0.15) is 9.97 Å². The van der Waals surface area contributed by atoms with E-state index < -0.39 is 11.6 Å². The maximum Gasteiger partial charge on any atom is 0.319 e. The maximum absolute atomic E-state index is 17.0. The number of fused-ring (bicyclic) bond motifs is 5. The molecule has 1 saturated carbocycles. The highest BCUT2D eigenvalue weighted by molar-refractivity contribution is 6.03. The monoisotopic (exact) mass is 980 g/mol. The Morgan fingerprint density at radius 2 is 1.72 bits per heavy atom. The van der Waals surface area contributed by atoms with Crippen LogP contribution in [0.25, 0.3) is 32.9 Å². The topological polar surface area (TPSA) is 160 Å². The Morgan fingerprint density at radius 1 is 0.958 bits per heavy atom. The molecule has 6 aromatic rings. The molecule has 376 valence electrons. The van der Waals surface area contributed by atoms with Crippen molar-refractivity contribution in [2.24, 2.45) is 11.3 Å². The SMILES string of the molecule is C#Cc1c(F)ccc2cc(O)cc(-c3ncc4c(N5CC6CCC(C5)N6)nc(OCC5(CN6CC(CN(C)CCOc7ccc8c(c7)CN(C)C8)C6)CC5)nc4c3F)c12.CC(C)c1cc(C=O)c(O)cc1O. The second-order valence-corrected chi connectivity index (χ2v) is 21.0. The van der Waals surface area contributed by atoms with E-state index in [1.807, 2.05) is 13.8 Å². The van der Waals surface area contributed by atoms with Gasteiger partial charge in [0.15, 0.2) is 12.1 Å². The number of halogens is 2. The third-order valence-electron chi connectivity index (χ3n) is 15.0. The molecule has 0 radical (unpaired) electrons. The summed E-state index contributed by atoms with van der Waals surface area (Å²) < 4.78 is 44.5. The van der Waals surface area contributed by atoms with Gasteiger partial charge in [0.25, 0.3) is 0 Å². The Morgan fingerprint density at radius 3 is 2.44 bits per heavy atom. The average Bonchev–Trinajstić information content (AvgIpc) is 3.88. The first kappa shape index (κ1) is 49.0. The Kier molecular flexibility index (Phi) is 13.7. The number of nitrogens with one attached hydrogen (secondary N) is 1. The number of anilines is 1. The minimum atomic E-state index is -0.714. The summed E-state index contributed by atoms with van der Waals surface area (Å²) in [4.78, 5) is 34.0. The van der Waals surface area contributed by atoms with Gasteiger partial charge in [0.1, 0.15) is 52.5 Å². The van der Waals surface area contributed by atoms with E-state index in [2.05, 4.69) is 73.1 Å². The second-order valence-electron chi connectivity index (χ2n) is 21.0. The summed E-state index contributed by atoms with van der Waals surface area (Å²) in [6.07, 6.45) is 12.1. The van der Waals surface area contributed by atoms with Gasteiger partial charge in [-0.3, -0.25) is 14.7 Å². The summed E-state index contributed by atoms with van der Waals surface area (Å²) in [6, 6.07) is 15.5. The number of aldehydes is 1.